The standard InChI is InChI=1S/C35H34ClNO5/c1-34(2,3)24-16-19(17-25(33(24)41)35(4,5)6)10-15-28(38)42-27-9-7-8-20-11-14-26(37-30(20)27)29-31(39)22-13-12-21(36)18-23(22)32(29)40/h7-9,11-14,16-18,29,36H,10,15H2,1-6H3/p+2. The number of nitrogens with zero attached hydrogens (tertiary/aromatic N) is 1. The fourth-order valence-corrected chi connectivity index (χ4v) is 5.65. The minimum absolute atomic E-state index is 0.138. The first kappa shape index (κ1) is 29.5. The Morgan fingerprint density at radius 3 is 2.17 bits per heavy atom. The molecular weight excluding hydrogens is 550 g/mol. The minimum Gasteiger partial charge on any atom is -0.593 e. The van der Waals surface area contributed by atoms with E-state index in [0.717, 1.165) is 22.1 Å². The van der Waals surface area contributed by atoms with Gasteiger partial charge in [-0.3, -0.25) is 14.4 Å². The number of Topliss-reactive ketones (excluding diaryl/α,β-unsaturated/α-hetero) is 2. The molecule has 0 saturated heterocycles. The van der Waals surface area contributed by atoms with Gasteiger partial charge in [-0.15, -0.1) is 0 Å². The smallest absolute Gasteiger partial charge is 0.311 e. The van der Waals surface area contributed by atoms with Crippen LogP contribution in [0.15, 0.2) is 60.7 Å². The van der Waals surface area contributed by atoms with Crippen molar-refractivity contribution < 1.29 is 35.8 Å². The highest BCUT2D eigenvalue weighted by molar-refractivity contribution is 6.29. The molecule has 0 bridgehead atoms. The van der Waals surface area contributed by atoms with E-state index in [9.17, 15) is 14.4 Å². The Morgan fingerprint density at radius 2 is 1.52 bits per heavy atom. The molecule has 216 valence electrons. The number of rotatable bonds is 5. The maximum atomic E-state index is 13.2. The Labute approximate surface area is 250 Å². The molecule has 7 heteroatoms. The van der Waals surface area contributed by atoms with Gasteiger partial charge >= 0.3 is 5.97 Å². The third-order valence-corrected chi connectivity index (χ3v) is 7.96. The number of para-hydroxylation sites is 1. The molecule has 4 aromatic rings. The normalized spacial score (nSPS) is 15.3. The molecule has 0 spiro atoms. The van der Waals surface area contributed by atoms with Crippen LogP contribution in [0, 0.1) is 11.6 Å². The quantitative estimate of drug-likeness (QED) is 0.113. The lowest BCUT2D eigenvalue weighted by molar-refractivity contribution is -0.288. The highest BCUT2D eigenvalue weighted by atomic mass is 35.5. The van der Waals surface area contributed by atoms with Gasteiger partial charge in [-0.1, -0.05) is 59.7 Å². The number of aromatic nitrogens is 1. The first-order valence-corrected chi connectivity index (χ1v) is 14.5. The number of halogens is 1. The zero-order chi connectivity index (χ0) is 30.6. The summed E-state index contributed by atoms with van der Waals surface area (Å²) in [4.78, 5) is 44.0. The number of ketones is 2. The molecule has 1 aliphatic rings. The Morgan fingerprint density at radius 1 is 0.881 bits per heavy atom. The van der Waals surface area contributed by atoms with Crippen LogP contribution in [0.4, 0.5) is 0 Å². The molecule has 1 aliphatic carbocycles. The summed E-state index contributed by atoms with van der Waals surface area (Å²) >= 11 is 5.19. The van der Waals surface area contributed by atoms with Crippen molar-refractivity contribution in [3.05, 3.63) is 99.2 Å². The van der Waals surface area contributed by atoms with E-state index in [4.69, 9.17) is 21.4 Å². The maximum Gasteiger partial charge on any atom is 0.311 e. The molecule has 42 heavy (non-hydrogen) atoms. The number of pyridine rings is 1. The van der Waals surface area contributed by atoms with Gasteiger partial charge < -0.3 is 9.84 Å². The Bertz CT molecular complexity index is 1720. The summed E-state index contributed by atoms with van der Waals surface area (Å²) in [6.07, 6.45) is 0.599. The minimum atomic E-state index is -1.06. The van der Waals surface area contributed by atoms with Crippen molar-refractivity contribution in [1.29, 1.82) is 0 Å². The van der Waals surface area contributed by atoms with Gasteiger partial charge in [0.05, 0.1) is 16.8 Å². The summed E-state index contributed by atoms with van der Waals surface area (Å²) in [6, 6.07) is 17.6. The van der Waals surface area contributed by atoms with Gasteiger partial charge in [-0.2, -0.15) is 0 Å². The molecule has 0 saturated carbocycles. The van der Waals surface area contributed by atoms with E-state index in [0.29, 0.717) is 39.5 Å². The van der Waals surface area contributed by atoms with Gasteiger partial charge in [0.1, 0.15) is 11.4 Å². The van der Waals surface area contributed by atoms with Gasteiger partial charge in [0.15, 0.2) is 28.9 Å². The van der Waals surface area contributed by atoms with Crippen LogP contribution >= 0.6 is 0 Å². The fourth-order valence-electron chi connectivity index (χ4n) is 5.47. The molecule has 1 atom stereocenters. The molecule has 0 radical (unpaired) electrons. The van der Waals surface area contributed by atoms with E-state index in [2.05, 4.69) is 46.5 Å². The molecule has 5 rings (SSSR count). The number of carbonyl (C=O) groups is 3. The highest BCUT2D eigenvalue weighted by Crippen LogP contribution is 2.40. The molecule has 1 unspecified atom stereocenters. The maximum absolute atomic E-state index is 13.2. The van der Waals surface area contributed by atoms with Crippen molar-refractivity contribution >= 4 is 28.4 Å². The molecule has 6 nitrogen and oxygen atoms in total. The van der Waals surface area contributed by atoms with Crippen molar-refractivity contribution in [3.8, 4) is 11.5 Å². The number of hydrogen-bond acceptors (Lipinski definition) is 5. The molecular formula is C35H36ClNO5+2. The summed E-state index contributed by atoms with van der Waals surface area (Å²) in [5.41, 5.74) is 3.85. The molecule has 1 heterocycles. The highest BCUT2D eigenvalue weighted by Gasteiger charge is 2.41. The van der Waals surface area contributed by atoms with Crippen LogP contribution in [0.25, 0.3) is 10.9 Å². The molecule has 0 amide bonds. The van der Waals surface area contributed by atoms with Gasteiger partial charge in [0, 0.05) is 35.1 Å². The lowest BCUT2D eigenvalue weighted by Gasteiger charge is -2.25. The monoisotopic (exact) mass is 585 g/mol. The molecule has 0 fully saturated rings. The van der Waals surface area contributed by atoms with Crippen molar-refractivity contribution in [2.75, 3.05) is 0 Å². The van der Waals surface area contributed by atoms with Crippen molar-refractivity contribution in [3.63, 3.8) is 0 Å². The number of aryl methyl sites for hydroxylation is 1. The first-order valence-electron chi connectivity index (χ1n) is 14.0. The number of fused-ring (bicyclic) bond motifs is 2. The zero-order valence-corrected chi connectivity index (χ0v) is 25.6. The molecule has 0 aliphatic heterocycles. The Hall–Kier alpha value is -4.03. The van der Waals surface area contributed by atoms with Crippen LogP contribution < -0.4 is 4.74 Å². The summed E-state index contributed by atoms with van der Waals surface area (Å²) in [6.45, 7) is 12.6. The third kappa shape index (κ3) is 5.56. The second-order valence-corrected chi connectivity index (χ2v) is 13.4. The lowest BCUT2D eigenvalue weighted by Crippen LogP contribution is -2.18. The third-order valence-electron chi connectivity index (χ3n) is 7.70. The number of carbonyl (C=O) groups excluding carboxylic acids is 3. The van der Waals surface area contributed by atoms with Gasteiger partial charge in [0.2, 0.25) is 5.02 Å². The van der Waals surface area contributed by atoms with E-state index in [1.165, 1.54) is 0 Å². The summed E-state index contributed by atoms with van der Waals surface area (Å²) in [7, 11) is 0. The van der Waals surface area contributed by atoms with Crippen LogP contribution in [0.3, 0.4) is 0 Å². The van der Waals surface area contributed by atoms with Crippen molar-refractivity contribution in [2.45, 2.75) is 71.1 Å². The predicted molar refractivity (Wildman–Crippen MR) is 161 cm³/mol. The summed E-state index contributed by atoms with van der Waals surface area (Å²) in [5.74, 6) is -1.29. The topological polar surface area (TPSA) is 96.2 Å². The molecule has 1 aromatic heterocycles. The van der Waals surface area contributed by atoms with E-state index in [1.54, 1.807) is 42.5 Å². The zero-order valence-electron chi connectivity index (χ0n) is 24.8. The number of hydrogen-bond donors (Lipinski definition) is 0. The lowest BCUT2D eigenvalue weighted by atomic mass is 9.78. The van der Waals surface area contributed by atoms with Crippen LogP contribution in [0.1, 0.15) is 97.0 Å². The largest absolute Gasteiger partial charge is 0.593 e. The van der Waals surface area contributed by atoms with Crippen LogP contribution in [-0.4, -0.2) is 27.6 Å². The van der Waals surface area contributed by atoms with Crippen LogP contribution in [-0.2, 0) is 22.0 Å². The molecule has 3 aromatic carbocycles. The predicted octanol–water partition coefficient (Wildman–Crippen LogP) is 6.66. The van der Waals surface area contributed by atoms with Gasteiger partial charge in [0.25, 0.3) is 5.75 Å². The van der Waals surface area contributed by atoms with Gasteiger partial charge in [-0.25, -0.2) is 4.98 Å². The first-order chi connectivity index (χ1) is 19.6. The Balaban J connectivity index is 1.39. The van der Waals surface area contributed by atoms with Crippen molar-refractivity contribution in [1.82, 2.24) is 4.98 Å². The SMILES string of the molecule is CC(C)(C)c1cc(CCC(=O)Oc2cccc3ccc(C4C(=O)c5ccc([ClH+])cc5C4=O)nc23)cc(C(C)(C)C)c1[OH2+]. The van der Waals surface area contributed by atoms with E-state index < -0.39 is 11.9 Å². The fraction of sp³-hybridized carbons (Fsp3) is 0.314. The average molecular weight is 586 g/mol. The van der Waals surface area contributed by atoms with E-state index in [1.807, 2.05) is 18.2 Å². The second kappa shape index (κ2) is 10.7. The summed E-state index contributed by atoms with van der Waals surface area (Å²) in [5, 5.41) is 10.0. The molecule has 2 N–H and O–H groups in total. The van der Waals surface area contributed by atoms with E-state index >= 15 is 0 Å². The number of esters is 1. The second-order valence-electron chi connectivity index (χ2n) is 13.0. The van der Waals surface area contributed by atoms with Crippen molar-refractivity contribution in [2.24, 2.45) is 0 Å². The number of benzene rings is 3. The summed E-state index contributed by atoms with van der Waals surface area (Å²) < 4.78 is 5.79. The van der Waals surface area contributed by atoms with Crippen LogP contribution in [0.2, 0.25) is 5.02 Å². The van der Waals surface area contributed by atoms with Crippen LogP contribution in [0.5, 0.6) is 11.5 Å². The average Bonchev–Trinajstić information content (AvgIpc) is 3.15. The van der Waals surface area contributed by atoms with E-state index in [-0.39, 0.29) is 34.6 Å². The number of ether oxygens (including phenoxy) is 1. The van der Waals surface area contributed by atoms with Gasteiger partial charge in [-0.05, 0) is 53.1 Å². The Kier molecular flexibility index (Phi) is 7.48.